The molecule has 1 amide bonds. The smallest absolute Gasteiger partial charge is 0.409 e. The van der Waals surface area contributed by atoms with Crippen LogP contribution in [0.1, 0.15) is 35.4 Å². The fourth-order valence-electron chi connectivity index (χ4n) is 4.98. The maximum atomic E-state index is 12.8. The molecule has 0 N–H and O–H groups in total. The SMILES string of the molecule is N#CC1(c2ccccc2)CCN(C(=O)OCC2c3ccccc3-c3ccccc32)CC1. The monoisotopic (exact) mass is 408 g/mol. The van der Waals surface area contributed by atoms with E-state index in [0.717, 1.165) is 5.56 Å². The first-order valence-corrected chi connectivity index (χ1v) is 10.8. The van der Waals surface area contributed by atoms with E-state index in [1.807, 2.05) is 54.6 Å². The van der Waals surface area contributed by atoms with Gasteiger partial charge in [-0.15, -0.1) is 0 Å². The van der Waals surface area contributed by atoms with Crippen molar-refractivity contribution < 1.29 is 9.53 Å². The number of carbonyl (C=O) groups is 1. The van der Waals surface area contributed by atoms with Gasteiger partial charge < -0.3 is 9.64 Å². The van der Waals surface area contributed by atoms with Crippen LogP contribution in [0.4, 0.5) is 4.79 Å². The van der Waals surface area contributed by atoms with Crippen LogP contribution in [0.2, 0.25) is 0 Å². The van der Waals surface area contributed by atoms with Gasteiger partial charge in [-0.2, -0.15) is 5.26 Å². The molecule has 3 aromatic carbocycles. The van der Waals surface area contributed by atoms with E-state index in [4.69, 9.17) is 4.74 Å². The summed E-state index contributed by atoms with van der Waals surface area (Å²) in [6.45, 7) is 1.38. The van der Waals surface area contributed by atoms with E-state index in [2.05, 4.69) is 30.3 Å². The van der Waals surface area contributed by atoms with Crippen LogP contribution in [0.25, 0.3) is 11.1 Å². The molecule has 154 valence electrons. The lowest BCUT2D eigenvalue weighted by atomic mass is 9.74. The molecule has 4 heteroatoms. The quantitative estimate of drug-likeness (QED) is 0.576. The van der Waals surface area contributed by atoms with Gasteiger partial charge in [-0.25, -0.2) is 4.79 Å². The van der Waals surface area contributed by atoms with E-state index < -0.39 is 5.41 Å². The molecule has 3 aromatic rings. The van der Waals surface area contributed by atoms with Crippen LogP contribution in [0, 0.1) is 11.3 Å². The molecular weight excluding hydrogens is 384 g/mol. The Morgan fingerprint density at radius 2 is 1.45 bits per heavy atom. The number of carbonyl (C=O) groups excluding carboxylic acids is 1. The summed E-state index contributed by atoms with van der Waals surface area (Å²) in [7, 11) is 0. The third-order valence-corrected chi connectivity index (χ3v) is 6.75. The molecule has 0 unspecified atom stereocenters. The summed E-state index contributed by atoms with van der Waals surface area (Å²) in [5.41, 5.74) is 5.37. The Morgan fingerprint density at radius 1 is 0.903 bits per heavy atom. The van der Waals surface area contributed by atoms with Crippen LogP contribution in [-0.2, 0) is 10.2 Å². The maximum Gasteiger partial charge on any atom is 0.409 e. The van der Waals surface area contributed by atoms with E-state index in [1.54, 1.807) is 4.90 Å². The molecule has 31 heavy (non-hydrogen) atoms. The number of ether oxygens (including phenoxy) is 1. The Bertz CT molecular complexity index is 1100. The Hall–Kier alpha value is -3.58. The lowest BCUT2D eigenvalue weighted by Crippen LogP contribution is -2.45. The zero-order valence-electron chi connectivity index (χ0n) is 17.3. The van der Waals surface area contributed by atoms with Gasteiger partial charge >= 0.3 is 6.09 Å². The Morgan fingerprint density at radius 3 is 2.03 bits per heavy atom. The van der Waals surface area contributed by atoms with Gasteiger partial charge in [0.25, 0.3) is 0 Å². The van der Waals surface area contributed by atoms with E-state index in [1.165, 1.54) is 22.3 Å². The van der Waals surface area contributed by atoms with Crippen LogP contribution < -0.4 is 0 Å². The minimum absolute atomic E-state index is 0.0589. The molecule has 1 aliphatic heterocycles. The summed E-state index contributed by atoms with van der Waals surface area (Å²) in [5, 5.41) is 9.87. The van der Waals surface area contributed by atoms with E-state index in [0.29, 0.717) is 32.5 Å². The fraction of sp³-hybridized carbons (Fsp3) is 0.259. The third kappa shape index (κ3) is 3.37. The average molecular weight is 409 g/mol. The number of piperidine rings is 1. The molecule has 0 radical (unpaired) electrons. The van der Waals surface area contributed by atoms with Crippen molar-refractivity contribution in [3.63, 3.8) is 0 Å². The summed E-state index contributed by atoms with van der Waals surface area (Å²) in [6.07, 6.45) is 0.955. The van der Waals surface area contributed by atoms with Crippen molar-refractivity contribution in [1.82, 2.24) is 4.90 Å². The van der Waals surface area contributed by atoms with Gasteiger partial charge in [0.15, 0.2) is 0 Å². The second-order valence-electron chi connectivity index (χ2n) is 8.35. The number of likely N-dealkylation sites (tertiary alicyclic amines) is 1. The predicted octanol–water partition coefficient (Wildman–Crippen LogP) is 5.49. The highest BCUT2D eigenvalue weighted by atomic mass is 16.6. The summed E-state index contributed by atoms with van der Waals surface area (Å²) < 4.78 is 5.79. The molecule has 0 bridgehead atoms. The summed E-state index contributed by atoms with van der Waals surface area (Å²) >= 11 is 0. The van der Waals surface area contributed by atoms with E-state index >= 15 is 0 Å². The molecular formula is C27H24N2O2. The molecule has 0 atom stereocenters. The molecule has 2 aliphatic rings. The zero-order valence-corrected chi connectivity index (χ0v) is 17.3. The van der Waals surface area contributed by atoms with Crippen LogP contribution >= 0.6 is 0 Å². The number of benzene rings is 3. The molecule has 1 fully saturated rings. The number of amides is 1. The Labute approximate surface area is 182 Å². The van der Waals surface area contributed by atoms with Crippen molar-refractivity contribution in [2.75, 3.05) is 19.7 Å². The molecule has 0 spiro atoms. The van der Waals surface area contributed by atoms with Crippen LogP contribution in [0.3, 0.4) is 0 Å². The van der Waals surface area contributed by atoms with Gasteiger partial charge in [0, 0.05) is 19.0 Å². The number of nitriles is 1. The standard InChI is InChI=1S/C27H24N2O2/c28-19-27(20-8-2-1-3-9-20)14-16-29(17-15-27)26(30)31-18-25-23-12-6-4-10-21(23)22-11-5-7-13-24(22)25/h1-13,25H,14-18H2. The van der Waals surface area contributed by atoms with E-state index in [-0.39, 0.29) is 12.0 Å². The summed E-state index contributed by atoms with van der Waals surface area (Å²) in [5.74, 6) is 0.0589. The normalized spacial score (nSPS) is 16.8. The number of rotatable bonds is 3. The summed E-state index contributed by atoms with van der Waals surface area (Å²) in [4.78, 5) is 14.6. The number of fused-ring (bicyclic) bond motifs is 3. The van der Waals surface area contributed by atoms with Crippen molar-refractivity contribution in [2.24, 2.45) is 0 Å². The highest BCUT2D eigenvalue weighted by Gasteiger charge is 2.38. The minimum atomic E-state index is -0.526. The molecule has 1 heterocycles. The lowest BCUT2D eigenvalue weighted by Gasteiger charge is -2.37. The second kappa shape index (κ2) is 7.92. The topological polar surface area (TPSA) is 53.3 Å². The highest BCUT2D eigenvalue weighted by Crippen LogP contribution is 2.44. The lowest BCUT2D eigenvalue weighted by molar-refractivity contribution is 0.0859. The average Bonchev–Trinajstić information content (AvgIpc) is 3.17. The fourth-order valence-corrected chi connectivity index (χ4v) is 4.98. The van der Waals surface area contributed by atoms with Gasteiger partial charge in [0.2, 0.25) is 0 Å². The Balaban J connectivity index is 1.26. The Kier molecular flexibility index (Phi) is 4.95. The van der Waals surface area contributed by atoms with Gasteiger partial charge in [-0.1, -0.05) is 78.9 Å². The van der Waals surface area contributed by atoms with E-state index in [9.17, 15) is 10.1 Å². The van der Waals surface area contributed by atoms with Gasteiger partial charge in [-0.3, -0.25) is 0 Å². The molecule has 0 aromatic heterocycles. The zero-order chi connectivity index (χ0) is 21.3. The van der Waals surface area contributed by atoms with Crippen molar-refractivity contribution in [1.29, 1.82) is 5.26 Å². The number of hydrogen-bond acceptors (Lipinski definition) is 3. The van der Waals surface area contributed by atoms with Crippen LogP contribution in [-0.4, -0.2) is 30.7 Å². The molecule has 1 aliphatic carbocycles. The first kappa shape index (κ1) is 19.4. The maximum absolute atomic E-state index is 12.8. The van der Waals surface area contributed by atoms with Crippen LogP contribution in [0.5, 0.6) is 0 Å². The third-order valence-electron chi connectivity index (χ3n) is 6.75. The first-order valence-electron chi connectivity index (χ1n) is 10.8. The van der Waals surface area contributed by atoms with Crippen molar-refractivity contribution >= 4 is 6.09 Å². The van der Waals surface area contributed by atoms with Crippen LogP contribution in [0.15, 0.2) is 78.9 Å². The largest absolute Gasteiger partial charge is 0.448 e. The second-order valence-corrected chi connectivity index (χ2v) is 8.35. The van der Waals surface area contributed by atoms with Crippen molar-refractivity contribution in [3.05, 3.63) is 95.6 Å². The van der Waals surface area contributed by atoms with Gasteiger partial charge in [-0.05, 0) is 40.7 Å². The number of hydrogen-bond donors (Lipinski definition) is 0. The van der Waals surface area contributed by atoms with Crippen molar-refractivity contribution in [3.8, 4) is 17.2 Å². The van der Waals surface area contributed by atoms with Gasteiger partial charge in [0.1, 0.15) is 6.61 Å². The molecule has 4 nitrogen and oxygen atoms in total. The molecule has 1 saturated heterocycles. The number of nitrogens with zero attached hydrogens (tertiary/aromatic N) is 2. The summed E-state index contributed by atoms with van der Waals surface area (Å²) in [6, 6.07) is 29.1. The molecule has 0 saturated carbocycles. The highest BCUT2D eigenvalue weighted by molar-refractivity contribution is 5.79. The minimum Gasteiger partial charge on any atom is -0.448 e. The molecule has 5 rings (SSSR count). The van der Waals surface area contributed by atoms with Gasteiger partial charge in [0.05, 0.1) is 11.5 Å². The predicted molar refractivity (Wildman–Crippen MR) is 120 cm³/mol. The first-order chi connectivity index (χ1) is 15.2. The van der Waals surface area contributed by atoms with Crippen molar-refractivity contribution in [2.45, 2.75) is 24.2 Å².